The molecule has 0 heterocycles. The van der Waals surface area contributed by atoms with Gasteiger partial charge in [-0.25, -0.2) is 0 Å². The predicted molar refractivity (Wildman–Crippen MR) is 71.7 cm³/mol. The molecule has 1 aromatic rings. The number of nitrogens with one attached hydrogen (secondary N) is 1. The van der Waals surface area contributed by atoms with Crippen LogP contribution < -0.4 is 5.32 Å². The van der Waals surface area contributed by atoms with E-state index in [1.54, 1.807) is 0 Å². The zero-order valence-electron chi connectivity index (χ0n) is 11.2. The van der Waals surface area contributed by atoms with Crippen LogP contribution in [-0.4, -0.2) is 6.04 Å². The van der Waals surface area contributed by atoms with Crippen molar-refractivity contribution in [3.63, 3.8) is 0 Å². The summed E-state index contributed by atoms with van der Waals surface area (Å²) in [4.78, 5) is 0. The van der Waals surface area contributed by atoms with E-state index >= 15 is 0 Å². The molecule has 0 amide bonds. The van der Waals surface area contributed by atoms with Crippen molar-refractivity contribution in [3.05, 3.63) is 35.4 Å². The first-order valence-electron chi connectivity index (χ1n) is 6.39. The summed E-state index contributed by atoms with van der Waals surface area (Å²) in [5, 5.41) is 3.63. The van der Waals surface area contributed by atoms with E-state index < -0.39 is 0 Å². The van der Waals surface area contributed by atoms with E-state index in [1.165, 1.54) is 11.1 Å². The zero-order valence-corrected chi connectivity index (χ0v) is 11.2. The molecule has 0 aliphatic carbocycles. The molecule has 1 heteroatoms. The summed E-state index contributed by atoms with van der Waals surface area (Å²) in [5.41, 5.74) is 2.79. The smallest absolute Gasteiger partial charge is 0.0294 e. The van der Waals surface area contributed by atoms with Gasteiger partial charge in [-0.3, -0.25) is 0 Å². The van der Waals surface area contributed by atoms with Crippen LogP contribution in [0, 0.1) is 5.92 Å². The van der Waals surface area contributed by atoms with E-state index in [0.717, 1.165) is 6.42 Å². The van der Waals surface area contributed by atoms with Gasteiger partial charge in [0, 0.05) is 12.1 Å². The first-order valence-corrected chi connectivity index (χ1v) is 6.39. The van der Waals surface area contributed by atoms with Gasteiger partial charge in [0.25, 0.3) is 0 Å². The van der Waals surface area contributed by atoms with Gasteiger partial charge in [0.15, 0.2) is 0 Å². The van der Waals surface area contributed by atoms with Crippen LogP contribution in [0.5, 0.6) is 0 Å². The molecule has 1 nitrogen and oxygen atoms in total. The van der Waals surface area contributed by atoms with Gasteiger partial charge in [0.2, 0.25) is 0 Å². The van der Waals surface area contributed by atoms with Crippen molar-refractivity contribution >= 4 is 0 Å². The Labute approximate surface area is 100 Å². The number of aryl methyl sites for hydroxylation is 1. The Morgan fingerprint density at radius 2 is 1.56 bits per heavy atom. The Balaban J connectivity index is 2.62. The summed E-state index contributed by atoms with van der Waals surface area (Å²) < 4.78 is 0. The van der Waals surface area contributed by atoms with Crippen molar-refractivity contribution in [2.45, 2.75) is 53.1 Å². The number of benzene rings is 1. The molecule has 0 bridgehead atoms. The predicted octanol–water partition coefficient (Wildman–Crippen LogP) is 3.94. The molecule has 0 aliphatic heterocycles. The third kappa shape index (κ3) is 3.64. The standard InChI is InChI=1S/C15H25N/c1-6-14-7-9-15(10-8-14)13(5)16-12(4)11(2)3/h7-13,16H,6H2,1-5H3. The normalized spacial score (nSPS) is 15.1. The average molecular weight is 219 g/mol. The fraction of sp³-hybridized carbons (Fsp3) is 0.600. The highest BCUT2D eigenvalue weighted by Gasteiger charge is 2.11. The summed E-state index contributed by atoms with van der Waals surface area (Å²) in [6.45, 7) is 11.2. The third-order valence-electron chi connectivity index (χ3n) is 3.40. The molecular formula is C15H25N. The molecule has 0 fully saturated rings. The monoisotopic (exact) mass is 219 g/mol. The van der Waals surface area contributed by atoms with Crippen molar-refractivity contribution in [3.8, 4) is 0 Å². The van der Waals surface area contributed by atoms with Gasteiger partial charge >= 0.3 is 0 Å². The van der Waals surface area contributed by atoms with E-state index in [-0.39, 0.29) is 0 Å². The molecular weight excluding hydrogens is 194 g/mol. The third-order valence-corrected chi connectivity index (χ3v) is 3.40. The van der Waals surface area contributed by atoms with Gasteiger partial charge in [-0.2, -0.15) is 0 Å². The minimum Gasteiger partial charge on any atom is -0.307 e. The second-order valence-electron chi connectivity index (χ2n) is 5.02. The fourth-order valence-corrected chi connectivity index (χ4v) is 1.73. The van der Waals surface area contributed by atoms with Crippen molar-refractivity contribution in [1.82, 2.24) is 5.32 Å². The summed E-state index contributed by atoms with van der Waals surface area (Å²) in [7, 11) is 0. The molecule has 2 unspecified atom stereocenters. The van der Waals surface area contributed by atoms with E-state index in [2.05, 4.69) is 64.2 Å². The van der Waals surface area contributed by atoms with E-state index in [4.69, 9.17) is 0 Å². The molecule has 0 spiro atoms. The van der Waals surface area contributed by atoms with Gasteiger partial charge in [-0.15, -0.1) is 0 Å². The lowest BCUT2D eigenvalue weighted by Crippen LogP contribution is -2.32. The first-order chi connectivity index (χ1) is 7.54. The summed E-state index contributed by atoms with van der Waals surface area (Å²) in [5.74, 6) is 0.678. The Kier molecular flexibility index (Phi) is 5.01. The highest BCUT2D eigenvalue weighted by Crippen LogP contribution is 2.15. The van der Waals surface area contributed by atoms with Crippen LogP contribution in [-0.2, 0) is 6.42 Å². The molecule has 1 rings (SSSR count). The molecule has 0 radical (unpaired) electrons. The van der Waals surface area contributed by atoms with Gasteiger partial charge in [-0.05, 0) is 37.3 Å². The van der Waals surface area contributed by atoms with Crippen LogP contribution in [0.15, 0.2) is 24.3 Å². The minimum absolute atomic E-state index is 0.434. The summed E-state index contributed by atoms with van der Waals surface area (Å²) >= 11 is 0. The van der Waals surface area contributed by atoms with Gasteiger partial charge in [0.05, 0.1) is 0 Å². The Morgan fingerprint density at radius 3 is 2.00 bits per heavy atom. The Morgan fingerprint density at radius 1 is 1.00 bits per heavy atom. The van der Waals surface area contributed by atoms with Gasteiger partial charge in [0.1, 0.15) is 0 Å². The van der Waals surface area contributed by atoms with Crippen molar-refractivity contribution in [1.29, 1.82) is 0 Å². The highest BCUT2D eigenvalue weighted by molar-refractivity contribution is 5.24. The molecule has 16 heavy (non-hydrogen) atoms. The largest absolute Gasteiger partial charge is 0.307 e. The summed E-state index contributed by atoms with van der Waals surface area (Å²) in [6, 6.07) is 9.93. The molecule has 1 aromatic carbocycles. The Hall–Kier alpha value is -0.820. The summed E-state index contributed by atoms with van der Waals surface area (Å²) in [6.07, 6.45) is 1.12. The van der Waals surface area contributed by atoms with Crippen LogP contribution in [0.2, 0.25) is 0 Å². The highest BCUT2D eigenvalue weighted by atomic mass is 14.9. The number of hydrogen-bond donors (Lipinski definition) is 1. The van der Waals surface area contributed by atoms with Crippen molar-refractivity contribution in [2.24, 2.45) is 5.92 Å². The van der Waals surface area contributed by atoms with Crippen LogP contribution in [0.1, 0.15) is 51.8 Å². The lowest BCUT2D eigenvalue weighted by atomic mass is 10.0. The maximum absolute atomic E-state index is 3.63. The molecule has 1 N–H and O–H groups in total. The first kappa shape index (κ1) is 13.2. The number of rotatable bonds is 5. The van der Waals surface area contributed by atoms with Gasteiger partial charge in [-0.1, -0.05) is 45.0 Å². The van der Waals surface area contributed by atoms with Crippen LogP contribution in [0.25, 0.3) is 0 Å². The topological polar surface area (TPSA) is 12.0 Å². The number of hydrogen-bond acceptors (Lipinski definition) is 1. The van der Waals surface area contributed by atoms with Crippen LogP contribution in [0.4, 0.5) is 0 Å². The fourth-order valence-electron chi connectivity index (χ4n) is 1.73. The van der Waals surface area contributed by atoms with Gasteiger partial charge < -0.3 is 5.32 Å². The lowest BCUT2D eigenvalue weighted by molar-refractivity contribution is 0.389. The second-order valence-corrected chi connectivity index (χ2v) is 5.02. The maximum Gasteiger partial charge on any atom is 0.0294 e. The van der Waals surface area contributed by atoms with E-state index in [9.17, 15) is 0 Å². The SMILES string of the molecule is CCc1ccc(C(C)NC(C)C(C)C)cc1. The molecule has 90 valence electrons. The lowest BCUT2D eigenvalue weighted by Gasteiger charge is -2.23. The van der Waals surface area contributed by atoms with E-state index in [0.29, 0.717) is 18.0 Å². The zero-order chi connectivity index (χ0) is 12.1. The van der Waals surface area contributed by atoms with Crippen LogP contribution in [0.3, 0.4) is 0 Å². The average Bonchev–Trinajstić information content (AvgIpc) is 2.28. The van der Waals surface area contributed by atoms with E-state index in [1.807, 2.05) is 0 Å². The molecule has 0 aliphatic rings. The maximum atomic E-state index is 3.63. The molecule has 2 atom stereocenters. The second kappa shape index (κ2) is 6.05. The van der Waals surface area contributed by atoms with Crippen molar-refractivity contribution < 1.29 is 0 Å². The molecule has 0 aromatic heterocycles. The van der Waals surface area contributed by atoms with Crippen molar-refractivity contribution in [2.75, 3.05) is 0 Å². The minimum atomic E-state index is 0.434. The molecule has 0 saturated carbocycles. The molecule has 0 saturated heterocycles. The van der Waals surface area contributed by atoms with Crippen LogP contribution >= 0.6 is 0 Å². The Bertz CT molecular complexity index is 300. The quantitative estimate of drug-likeness (QED) is 0.791.